The van der Waals surface area contributed by atoms with Crippen molar-refractivity contribution in [3.05, 3.63) is 47.3 Å². The molecule has 0 aliphatic heterocycles. The van der Waals surface area contributed by atoms with Gasteiger partial charge >= 0.3 is 0 Å². The lowest BCUT2D eigenvalue weighted by atomic mass is 10.2. The van der Waals surface area contributed by atoms with Crippen LogP contribution in [0.5, 0.6) is 0 Å². The number of thioether (sulfide) groups is 1. The molecule has 1 unspecified atom stereocenters. The minimum atomic E-state index is 0.155. The molecule has 1 aromatic carbocycles. The first-order chi connectivity index (χ1) is 10.4. The van der Waals surface area contributed by atoms with Crippen molar-refractivity contribution in [2.75, 3.05) is 19.8 Å². The maximum atomic E-state index is 6.00. The van der Waals surface area contributed by atoms with Crippen LogP contribution in [-0.4, -0.2) is 39.5 Å². The Morgan fingerprint density at radius 2 is 1.95 bits per heavy atom. The van der Waals surface area contributed by atoms with Crippen LogP contribution in [0.3, 0.4) is 0 Å². The van der Waals surface area contributed by atoms with Crippen LogP contribution in [0.4, 0.5) is 0 Å². The number of rotatable bonds is 6. The molecule has 6 heteroatoms. The topological polar surface area (TPSA) is 34.0 Å². The molecular formula is C16H21ClN4S. The van der Waals surface area contributed by atoms with Gasteiger partial charge in [0.15, 0.2) is 11.0 Å². The standard InChI is InChI=1S/C16H21ClN4S/c1-11(2)10-22-16-19-18-15(12(3)20(4)5)21(16)14-8-6-13(17)7-9-14/h6-9,12H,1,10H2,2-5H3. The van der Waals surface area contributed by atoms with Crippen molar-refractivity contribution in [1.82, 2.24) is 19.7 Å². The van der Waals surface area contributed by atoms with Crippen LogP contribution in [0.25, 0.3) is 5.69 Å². The quantitative estimate of drug-likeness (QED) is 0.584. The third kappa shape index (κ3) is 3.91. The molecule has 1 aromatic heterocycles. The molecule has 0 aliphatic carbocycles. The molecule has 118 valence electrons. The Morgan fingerprint density at radius 1 is 1.32 bits per heavy atom. The van der Waals surface area contributed by atoms with Crippen molar-refractivity contribution >= 4 is 23.4 Å². The van der Waals surface area contributed by atoms with Gasteiger partial charge in [-0.15, -0.1) is 10.2 Å². The van der Waals surface area contributed by atoms with Crippen LogP contribution in [0.1, 0.15) is 25.7 Å². The molecule has 2 rings (SSSR count). The molecule has 0 fully saturated rings. The second-order valence-corrected chi connectivity index (χ2v) is 6.92. The predicted molar refractivity (Wildman–Crippen MR) is 94.0 cm³/mol. The van der Waals surface area contributed by atoms with E-state index >= 15 is 0 Å². The first kappa shape index (κ1) is 17.1. The third-order valence-corrected chi connectivity index (χ3v) is 4.75. The van der Waals surface area contributed by atoms with E-state index in [9.17, 15) is 0 Å². The lowest BCUT2D eigenvalue weighted by Crippen LogP contribution is -2.20. The minimum absolute atomic E-state index is 0.155. The number of hydrogen-bond donors (Lipinski definition) is 0. The van der Waals surface area contributed by atoms with E-state index in [1.54, 1.807) is 11.8 Å². The van der Waals surface area contributed by atoms with E-state index in [1.807, 2.05) is 45.3 Å². The molecule has 4 nitrogen and oxygen atoms in total. The largest absolute Gasteiger partial charge is 0.300 e. The molecule has 0 aliphatic rings. The summed E-state index contributed by atoms with van der Waals surface area (Å²) in [5.41, 5.74) is 2.13. The monoisotopic (exact) mass is 336 g/mol. The van der Waals surface area contributed by atoms with E-state index in [2.05, 4.69) is 33.2 Å². The first-order valence-electron chi connectivity index (χ1n) is 7.05. The summed E-state index contributed by atoms with van der Waals surface area (Å²) in [5, 5.41) is 10.4. The van der Waals surface area contributed by atoms with Crippen molar-refractivity contribution in [3.8, 4) is 5.69 Å². The van der Waals surface area contributed by atoms with E-state index < -0.39 is 0 Å². The van der Waals surface area contributed by atoms with Gasteiger partial charge in [-0.2, -0.15) is 0 Å². The van der Waals surface area contributed by atoms with Gasteiger partial charge in [0.25, 0.3) is 0 Å². The van der Waals surface area contributed by atoms with Crippen molar-refractivity contribution in [1.29, 1.82) is 0 Å². The highest BCUT2D eigenvalue weighted by atomic mass is 35.5. The normalized spacial score (nSPS) is 12.6. The van der Waals surface area contributed by atoms with Gasteiger partial charge in [-0.05, 0) is 52.2 Å². The van der Waals surface area contributed by atoms with Crippen molar-refractivity contribution in [3.63, 3.8) is 0 Å². The van der Waals surface area contributed by atoms with Gasteiger partial charge in [-0.25, -0.2) is 0 Å². The molecule has 22 heavy (non-hydrogen) atoms. The summed E-state index contributed by atoms with van der Waals surface area (Å²) in [6.45, 7) is 8.08. The van der Waals surface area contributed by atoms with Gasteiger partial charge in [0.2, 0.25) is 0 Å². The predicted octanol–water partition coefficient (Wildman–Crippen LogP) is 4.21. The Kier molecular flexibility index (Phi) is 5.67. The van der Waals surface area contributed by atoms with Gasteiger partial charge in [0.05, 0.1) is 6.04 Å². The summed E-state index contributed by atoms with van der Waals surface area (Å²) in [6, 6.07) is 7.90. The zero-order valence-electron chi connectivity index (χ0n) is 13.4. The van der Waals surface area contributed by atoms with Gasteiger partial charge in [-0.1, -0.05) is 35.5 Å². The maximum Gasteiger partial charge on any atom is 0.196 e. The third-order valence-electron chi connectivity index (χ3n) is 3.34. The van der Waals surface area contributed by atoms with Crippen molar-refractivity contribution in [2.45, 2.75) is 25.0 Å². The van der Waals surface area contributed by atoms with Crippen LogP contribution in [0.15, 0.2) is 41.6 Å². The van der Waals surface area contributed by atoms with Crippen LogP contribution < -0.4 is 0 Å². The number of aromatic nitrogens is 3. The molecule has 0 spiro atoms. The van der Waals surface area contributed by atoms with Gasteiger partial charge < -0.3 is 0 Å². The molecular weight excluding hydrogens is 316 g/mol. The van der Waals surface area contributed by atoms with E-state index in [1.165, 1.54) is 0 Å². The minimum Gasteiger partial charge on any atom is -0.300 e. The molecule has 0 saturated carbocycles. The highest BCUT2D eigenvalue weighted by Crippen LogP contribution is 2.28. The SMILES string of the molecule is C=C(C)CSc1nnc(C(C)N(C)C)n1-c1ccc(Cl)cc1. The first-order valence-corrected chi connectivity index (χ1v) is 8.41. The summed E-state index contributed by atoms with van der Waals surface area (Å²) in [6.07, 6.45) is 0. The summed E-state index contributed by atoms with van der Waals surface area (Å²) in [4.78, 5) is 2.11. The van der Waals surface area contributed by atoms with Gasteiger partial charge in [0, 0.05) is 16.5 Å². The fraction of sp³-hybridized carbons (Fsp3) is 0.375. The highest BCUT2D eigenvalue weighted by Gasteiger charge is 2.20. The second kappa shape index (κ2) is 7.31. The van der Waals surface area contributed by atoms with E-state index in [-0.39, 0.29) is 6.04 Å². The fourth-order valence-corrected chi connectivity index (χ4v) is 2.82. The lowest BCUT2D eigenvalue weighted by Gasteiger charge is -2.20. The van der Waals surface area contributed by atoms with Crippen LogP contribution in [-0.2, 0) is 0 Å². The van der Waals surface area contributed by atoms with Crippen LogP contribution in [0, 0.1) is 0 Å². The summed E-state index contributed by atoms with van der Waals surface area (Å²) in [5.74, 6) is 1.73. The summed E-state index contributed by atoms with van der Waals surface area (Å²) in [7, 11) is 4.07. The average molecular weight is 337 g/mol. The zero-order chi connectivity index (χ0) is 16.3. The molecule has 1 atom stereocenters. The van der Waals surface area contributed by atoms with Gasteiger partial charge in [-0.3, -0.25) is 9.47 Å². The second-order valence-electron chi connectivity index (χ2n) is 5.54. The van der Waals surface area contributed by atoms with Crippen molar-refractivity contribution in [2.24, 2.45) is 0 Å². The van der Waals surface area contributed by atoms with E-state index in [0.717, 1.165) is 33.0 Å². The summed E-state index contributed by atoms with van der Waals surface area (Å²) < 4.78 is 2.09. The maximum absolute atomic E-state index is 6.00. The molecule has 1 heterocycles. The van der Waals surface area contributed by atoms with Crippen LogP contribution in [0.2, 0.25) is 5.02 Å². The molecule has 0 saturated heterocycles. The molecule has 2 aromatic rings. The Labute approximate surface area is 141 Å². The molecule has 0 bridgehead atoms. The van der Waals surface area contributed by atoms with Crippen LogP contribution >= 0.6 is 23.4 Å². The van der Waals surface area contributed by atoms with E-state index in [0.29, 0.717) is 0 Å². The smallest absolute Gasteiger partial charge is 0.196 e. The number of benzene rings is 1. The Balaban J connectivity index is 2.47. The van der Waals surface area contributed by atoms with Gasteiger partial charge in [0.1, 0.15) is 0 Å². The van der Waals surface area contributed by atoms with E-state index in [4.69, 9.17) is 11.6 Å². The Bertz CT molecular complexity index is 649. The number of nitrogens with zero attached hydrogens (tertiary/aromatic N) is 4. The Hall–Kier alpha value is -1.30. The molecule has 0 radical (unpaired) electrons. The number of hydrogen-bond acceptors (Lipinski definition) is 4. The number of halogens is 1. The fourth-order valence-electron chi connectivity index (χ4n) is 1.90. The summed E-state index contributed by atoms with van der Waals surface area (Å²) >= 11 is 7.65. The average Bonchev–Trinajstić information content (AvgIpc) is 2.88. The molecule has 0 amide bonds. The Morgan fingerprint density at radius 3 is 2.50 bits per heavy atom. The van der Waals surface area contributed by atoms with Crippen molar-refractivity contribution < 1.29 is 0 Å². The zero-order valence-corrected chi connectivity index (χ0v) is 14.9. The highest BCUT2D eigenvalue weighted by molar-refractivity contribution is 7.99. The lowest BCUT2D eigenvalue weighted by molar-refractivity contribution is 0.305. The molecule has 0 N–H and O–H groups in total.